The molecule has 0 saturated heterocycles. The molecule has 0 atom stereocenters. The molecule has 0 fully saturated rings. The summed E-state index contributed by atoms with van der Waals surface area (Å²) in [4.78, 5) is 15.1. The Kier molecular flexibility index (Phi) is 7.80. The fourth-order valence-electron chi connectivity index (χ4n) is 3.35. The van der Waals surface area contributed by atoms with Gasteiger partial charge in [0.15, 0.2) is 0 Å². The zero-order chi connectivity index (χ0) is 24.8. The summed E-state index contributed by atoms with van der Waals surface area (Å²) in [6, 6.07) is 30.1. The van der Waals surface area contributed by atoms with Crippen LogP contribution in [-0.4, -0.2) is 20.9 Å². The van der Waals surface area contributed by atoms with Crippen molar-refractivity contribution in [2.45, 2.75) is 21.6 Å². The molecule has 0 heterocycles. The number of hydrogen-bond acceptors (Lipinski definition) is 4. The number of carbonyl (C=O) groups excluding carboxylic acids is 1. The summed E-state index contributed by atoms with van der Waals surface area (Å²) in [5.74, 6) is -0.461. The molecule has 8 heteroatoms. The summed E-state index contributed by atoms with van der Waals surface area (Å²) in [5.41, 5.74) is 1.89. The van der Waals surface area contributed by atoms with E-state index in [-0.39, 0.29) is 4.90 Å². The van der Waals surface area contributed by atoms with Crippen molar-refractivity contribution in [1.29, 1.82) is 0 Å². The summed E-state index contributed by atoms with van der Waals surface area (Å²) in [6.45, 7) is 1.48. The minimum absolute atomic E-state index is 0.103. The molecule has 4 aromatic rings. The highest BCUT2D eigenvalue weighted by Crippen LogP contribution is 2.33. The predicted octanol–water partition coefficient (Wildman–Crippen LogP) is 6.63. The van der Waals surface area contributed by atoms with Gasteiger partial charge in [-0.25, -0.2) is 8.42 Å². The molecule has 0 aliphatic carbocycles. The van der Waals surface area contributed by atoms with Gasteiger partial charge in [-0.2, -0.15) is 0 Å². The molecule has 0 spiro atoms. The highest BCUT2D eigenvalue weighted by molar-refractivity contribution is 7.99. The van der Waals surface area contributed by atoms with Crippen LogP contribution in [0, 0.1) is 6.92 Å². The van der Waals surface area contributed by atoms with Crippen molar-refractivity contribution < 1.29 is 13.2 Å². The normalized spacial score (nSPS) is 11.1. The van der Waals surface area contributed by atoms with Crippen LogP contribution >= 0.6 is 23.4 Å². The molecule has 1 N–H and O–H groups in total. The van der Waals surface area contributed by atoms with Gasteiger partial charge in [0.25, 0.3) is 10.0 Å². The van der Waals surface area contributed by atoms with E-state index < -0.39 is 22.5 Å². The van der Waals surface area contributed by atoms with Crippen LogP contribution in [0.15, 0.2) is 118 Å². The first kappa shape index (κ1) is 24.9. The lowest BCUT2D eigenvalue weighted by molar-refractivity contribution is -0.114. The van der Waals surface area contributed by atoms with Crippen molar-refractivity contribution in [3.05, 3.63) is 114 Å². The van der Waals surface area contributed by atoms with Crippen LogP contribution in [0.5, 0.6) is 0 Å². The molecule has 0 aliphatic heterocycles. The lowest BCUT2D eigenvalue weighted by Crippen LogP contribution is -2.38. The number of sulfonamides is 1. The first-order valence-corrected chi connectivity index (χ1v) is 13.4. The van der Waals surface area contributed by atoms with Crippen LogP contribution in [0.1, 0.15) is 5.56 Å². The maximum Gasteiger partial charge on any atom is 0.264 e. The largest absolute Gasteiger partial charge is 0.323 e. The number of amides is 1. The number of hydrogen-bond donors (Lipinski definition) is 1. The monoisotopic (exact) mass is 522 g/mol. The van der Waals surface area contributed by atoms with Crippen molar-refractivity contribution in [2.75, 3.05) is 16.2 Å². The van der Waals surface area contributed by atoms with Gasteiger partial charge in [0.2, 0.25) is 5.91 Å². The van der Waals surface area contributed by atoms with Gasteiger partial charge in [-0.15, -0.1) is 0 Å². The van der Waals surface area contributed by atoms with Gasteiger partial charge in [0, 0.05) is 14.8 Å². The molecule has 4 aromatic carbocycles. The van der Waals surface area contributed by atoms with Gasteiger partial charge in [-0.1, -0.05) is 71.4 Å². The Balaban J connectivity index is 1.61. The number of para-hydroxylation sites is 1. The predicted molar refractivity (Wildman–Crippen MR) is 143 cm³/mol. The molecule has 5 nitrogen and oxygen atoms in total. The number of carbonyl (C=O) groups is 1. The van der Waals surface area contributed by atoms with Crippen molar-refractivity contribution >= 4 is 50.7 Å². The quantitative estimate of drug-likeness (QED) is 0.282. The number of nitrogens with zero attached hydrogens (tertiary/aromatic N) is 1. The minimum Gasteiger partial charge on any atom is -0.323 e. The molecule has 0 saturated carbocycles. The van der Waals surface area contributed by atoms with E-state index in [1.807, 2.05) is 55.5 Å². The Labute approximate surface area is 214 Å². The number of nitrogens with one attached hydrogen (secondary N) is 1. The molecule has 4 rings (SSSR count). The van der Waals surface area contributed by atoms with Gasteiger partial charge in [0.1, 0.15) is 6.54 Å². The number of rotatable bonds is 8. The summed E-state index contributed by atoms with van der Waals surface area (Å²) in [5, 5.41) is 3.35. The van der Waals surface area contributed by atoms with Crippen LogP contribution in [0.3, 0.4) is 0 Å². The minimum atomic E-state index is -4.01. The molecular weight excluding hydrogens is 500 g/mol. The zero-order valence-electron chi connectivity index (χ0n) is 18.9. The van der Waals surface area contributed by atoms with E-state index in [2.05, 4.69) is 5.32 Å². The molecule has 0 radical (unpaired) electrons. The first-order chi connectivity index (χ1) is 16.8. The summed E-state index contributed by atoms with van der Waals surface area (Å²) >= 11 is 7.53. The second-order valence-corrected chi connectivity index (χ2v) is 11.2. The van der Waals surface area contributed by atoms with Crippen LogP contribution in [-0.2, 0) is 14.8 Å². The van der Waals surface area contributed by atoms with Gasteiger partial charge in [-0.05, 0) is 67.6 Å². The van der Waals surface area contributed by atoms with E-state index in [0.29, 0.717) is 16.4 Å². The Hall–Kier alpha value is -3.26. The molecule has 0 aliphatic rings. The standard InChI is InChI=1S/C27H23ClN2O3S2/c1-20-11-17-24(18-12-20)35(32,33)30(22-15-13-21(28)14-16-22)19-27(31)29-25-9-5-6-10-26(25)34-23-7-3-2-4-8-23/h2-18H,19H2,1H3,(H,29,31). The smallest absolute Gasteiger partial charge is 0.264 e. The average molecular weight is 523 g/mol. The van der Waals surface area contributed by atoms with Gasteiger partial charge in [-0.3, -0.25) is 9.10 Å². The van der Waals surface area contributed by atoms with Crippen molar-refractivity contribution in [3.63, 3.8) is 0 Å². The molecule has 0 bridgehead atoms. The topological polar surface area (TPSA) is 66.5 Å². The van der Waals surface area contributed by atoms with Crippen LogP contribution in [0.25, 0.3) is 0 Å². The Morgan fingerprint density at radius 3 is 2.17 bits per heavy atom. The van der Waals surface area contributed by atoms with Crippen LogP contribution in [0.4, 0.5) is 11.4 Å². The van der Waals surface area contributed by atoms with Crippen molar-refractivity contribution in [2.24, 2.45) is 0 Å². The second-order valence-electron chi connectivity index (χ2n) is 7.76. The van der Waals surface area contributed by atoms with E-state index in [4.69, 9.17) is 11.6 Å². The van der Waals surface area contributed by atoms with Gasteiger partial charge >= 0.3 is 0 Å². The second kappa shape index (κ2) is 11.0. The number of benzene rings is 4. The van der Waals surface area contributed by atoms with Crippen LogP contribution < -0.4 is 9.62 Å². The van der Waals surface area contributed by atoms with Gasteiger partial charge in [0.05, 0.1) is 16.3 Å². The molecule has 35 heavy (non-hydrogen) atoms. The highest BCUT2D eigenvalue weighted by Gasteiger charge is 2.27. The number of aryl methyl sites for hydroxylation is 1. The number of anilines is 2. The Bertz CT molecular complexity index is 1410. The SMILES string of the molecule is Cc1ccc(S(=O)(=O)N(CC(=O)Nc2ccccc2Sc2ccccc2)c2ccc(Cl)cc2)cc1. The maximum absolute atomic E-state index is 13.5. The average Bonchev–Trinajstić information content (AvgIpc) is 2.85. The lowest BCUT2D eigenvalue weighted by Gasteiger charge is -2.24. The van der Waals surface area contributed by atoms with E-state index >= 15 is 0 Å². The fourth-order valence-corrected chi connectivity index (χ4v) is 5.82. The van der Waals surface area contributed by atoms with E-state index in [9.17, 15) is 13.2 Å². The third-order valence-corrected chi connectivity index (χ3v) is 8.27. The fraction of sp³-hybridized carbons (Fsp3) is 0.0741. The van der Waals surface area contributed by atoms with E-state index in [1.165, 1.54) is 23.9 Å². The van der Waals surface area contributed by atoms with Crippen LogP contribution in [0.2, 0.25) is 5.02 Å². The Morgan fingerprint density at radius 1 is 0.857 bits per heavy atom. The third-order valence-electron chi connectivity index (χ3n) is 5.14. The summed E-state index contributed by atoms with van der Waals surface area (Å²) in [7, 11) is -4.01. The third kappa shape index (κ3) is 6.25. The molecular formula is C27H23ClN2O3S2. The molecule has 178 valence electrons. The highest BCUT2D eigenvalue weighted by atomic mass is 35.5. The zero-order valence-corrected chi connectivity index (χ0v) is 21.3. The number of halogens is 1. The summed E-state index contributed by atoms with van der Waals surface area (Å²) in [6.07, 6.45) is 0. The Morgan fingerprint density at radius 2 is 1.49 bits per heavy atom. The first-order valence-electron chi connectivity index (χ1n) is 10.8. The van der Waals surface area contributed by atoms with E-state index in [1.54, 1.807) is 42.5 Å². The summed E-state index contributed by atoms with van der Waals surface area (Å²) < 4.78 is 28.2. The maximum atomic E-state index is 13.5. The molecule has 0 aromatic heterocycles. The van der Waals surface area contributed by atoms with Gasteiger partial charge < -0.3 is 5.32 Å². The molecule has 0 unspecified atom stereocenters. The van der Waals surface area contributed by atoms with E-state index in [0.717, 1.165) is 19.7 Å². The van der Waals surface area contributed by atoms with Crippen molar-refractivity contribution in [3.8, 4) is 0 Å². The molecule has 1 amide bonds. The lowest BCUT2D eigenvalue weighted by atomic mass is 10.2. The van der Waals surface area contributed by atoms with Crippen molar-refractivity contribution in [1.82, 2.24) is 0 Å².